The van der Waals surface area contributed by atoms with Crippen molar-refractivity contribution in [3.05, 3.63) is 77.7 Å². The van der Waals surface area contributed by atoms with Gasteiger partial charge in [0.1, 0.15) is 28.5 Å². The predicted molar refractivity (Wildman–Crippen MR) is 111 cm³/mol. The van der Waals surface area contributed by atoms with Gasteiger partial charge in [-0.15, -0.1) is 0 Å². The molecule has 2 aromatic heterocycles. The minimum Gasteiger partial charge on any atom is -0.497 e. The molecule has 0 aliphatic heterocycles. The van der Waals surface area contributed by atoms with Crippen molar-refractivity contribution in [3.63, 3.8) is 0 Å². The van der Waals surface area contributed by atoms with Gasteiger partial charge >= 0.3 is 6.09 Å². The van der Waals surface area contributed by atoms with E-state index in [9.17, 15) is 4.79 Å². The first-order valence-corrected chi connectivity index (χ1v) is 9.19. The summed E-state index contributed by atoms with van der Waals surface area (Å²) in [4.78, 5) is 21.1. The number of para-hydroxylation sites is 1. The van der Waals surface area contributed by atoms with Gasteiger partial charge in [0.25, 0.3) is 0 Å². The Bertz CT molecular complexity index is 1140. The van der Waals surface area contributed by atoms with Gasteiger partial charge in [-0.3, -0.25) is 0 Å². The third-order valence-electron chi connectivity index (χ3n) is 4.26. The number of fused-ring (bicyclic) bond motifs is 1. The van der Waals surface area contributed by atoms with E-state index in [1.165, 1.54) is 10.9 Å². The normalized spacial score (nSPS) is 10.7. The van der Waals surface area contributed by atoms with Crippen LogP contribution >= 0.6 is 11.6 Å². The van der Waals surface area contributed by atoms with Gasteiger partial charge in [0, 0.05) is 12.6 Å². The first kappa shape index (κ1) is 18.8. The molecule has 0 fully saturated rings. The number of carbonyl (C=O) groups is 1. The van der Waals surface area contributed by atoms with E-state index < -0.39 is 6.09 Å². The van der Waals surface area contributed by atoms with Crippen molar-refractivity contribution in [3.8, 4) is 11.5 Å². The van der Waals surface area contributed by atoms with Crippen LogP contribution in [0.2, 0.25) is 5.15 Å². The van der Waals surface area contributed by atoms with Gasteiger partial charge in [0.05, 0.1) is 12.8 Å². The number of halogens is 1. The van der Waals surface area contributed by atoms with Crippen molar-refractivity contribution >= 4 is 34.5 Å². The number of methoxy groups -OCH3 is 1. The number of aromatic nitrogens is 3. The number of rotatable bonds is 5. The van der Waals surface area contributed by atoms with E-state index in [-0.39, 0.29) is 5.15 Å². The van der Waals surface area contributed by atoms with Gasteiger partial charge in [-0.2, -0.15) is 0 Å². The number of benzene rings is 2. The second kappa shape index (κ2) is 8.20. The Morgan fingerprint density at radius 2 is 1.86 bits per heavy atom. The number of ether oxygens (including phenoxy) is 2. The molecule has 0 atom stereocenters. The summed E-state index contributed by atoms with van der Waals surface area (Å²) in [6.07, 6.45) is 0.757. The quantitative estimate of drug-likeness (QED) is 0.480. The molecule has 0 radical (unpaired) electrons. The van der Waals surface area contributed by atoms with Gasteiger partial charge in [-0.25, -0.2) is 19.3 Å². The van der Waals surface area contributed by atoms with E-state index in [1.807, 2.05) is 30.3 Å². The molecule has 4 rings (SSSR count). The topological polar surface area (TPSA) is 78.3 Å². The van der Waals surface area contributed by atoms with E-state index in [0.717, 1.165) is 11.3 Å². The summed E-state index contributed by atoms with van der Waals surface area (Å²) in [6, 6.07) is 18.2. The van der Waals surface area contributed by atoms with Crippen LogP contribution < -0.4 is 14.8 Å². The molecule has 29 heavy (non-hydrogen) atoms. The molecule has 2 aromatic carbocycles. The van der Waals surface area contributed by atoms with E-state index in [0.29, 0.717) is 29.1 Å². The number of hydrogen-bond acceptors (Lipinski definition) is 6. The van der Waals surface area contributed by atoms with Gasteiger partial charge < -0.3 is 14.8 Å². The number of pyridine rings is 1. The molecular formula is C21H17ClN4O3. The lowest BCUT2D eigenvalue weighted by Crippen LogP contribution is -2.16. The van der Waals surface area contributed by atoms with Crippen LogP contribution in [-0.4, -0.2) is 27.7 Å². The van der Waals surface area contributed by atoms with Crippen LogP contribution in [0, 0.1) is 0 Å². The highest BCUT2D eigenvalue weighted by atomic mass is 35.5. The monoisotopic (exact) mass is 408 g/mol. The van der Waals surface area contributed by atoms with E-state index >= 15 is 0 Å². The molecule has 1 N–H and O–H groups in total. The highest BCUT2D eigenvalue weighted by molar-refractivity contribution is 6.30. The molecular weight excluding hydrogens is 392 g/mol. The Kier molecular flexibility index (Phi) is 5.31. The smallest absolute Gasteiger partial charge is 0.426 e. The van der Waals surface area contributed by atoms with Gasteiger partial charge in [-0.05, 0) is 29.8 Å². The molecule has 146 valence electrons. The highest BCUT2D eigenvalue weighted by Crippen LogP contribution is 2.25. The fourth-order valence-electron chi connectivity index (χ4n) is 2.81. The number of hydrogen-bond donors (Lipinski definition) is 1. The Balaban J connectivity index is 1.58. The summed E-state index contributed by atoms with van der Waals surface area (Å²) in [5.74, 6) is 1.22. The maximum absolute atomic E-state index is 12.5. The Hall–Kier alpha value is -3.58. The van der Waals surface area contributed by atoms with Crippen LogP contribution in [-0.2, 0) is 6.54 Å². The number of anilines is 1. The van der Waals surface area contributed by atoms with Gasteiger partial charge in [-0.1, -0.05) is 41.9 Å². The maximum atomic E-state index is 12.5. The predicted octanol–water partition coefficient (Wildman–Crippen LogP) is 4.75. The molecule has 4 aromatic rings. The van der Waals surface area contributed by atoms with Crippen LogP contribution in [0.5, 0.6) is 11.5 Å². The summed E-state index contributed by atoms with van der Waals surface area (Å²) in [5.41, 5.74) is 2.56. The summed E-state index contributed by atoms with van der Waals surface area (Å²) < 4.78 is 11.8. The lowest BCUT2D eigenvalue weighted by Gasteiger charge is -2.09. The molecule has 7 nitrogen and oxygen atoms in total. The molecule has 0 spiro atoms. The number of carbonyl (C=O) groups excluding carboxylic acids is 1. The minimum atomic E-state index is -0.616. The van der Waals surface area contributed by atoms with Crippen molar-refractivity contribution in [2.24, 2.45) is 0 Å². The zero-order valence-corrected chi connectivity index (χ0v) is 16.3. The number of imidazole rings is 1. The molecule has 0 unspecified atom stereocenters. The second-order valence-electron chi connectivity index (χ2n) is 6.16. The largest absolute Gasteiger partial charge is 0.497 e. The molecule has 0 amide bonds. The Labute approximate surface area is 171 Å². The van der Waals surface area contributed by atoms with E-state index in [2.05, 4.69) is 15.3 Å². The Morgan fingerprint density at radius 1 is 1.10 bits per heavy atom. The van der Waals surface area contributed by atoms with Crippen LogP contribution in [0.25, 0.3) is 11.2 Å². The molecule has 8 heteroatoms. The molecule has 0 bridgehead atoms. The van der Waals surface area contributed by atoms with E-state index in [4.69, 9.17) is 21.1 Å². The summed E-state index contributed by atoms with van der Waals surface area (Å²) >= 11 is 6.18. The Morgan fingerprint density at radius 3 is 2.59 bits per heavy atom. The maximum Gasteiger partial charge on any atom is 0.426 e. The van der Waals surface area contributed by atoms with Crippen LogP contribution in [0.4, 0.5) is 10.5 Å². The first-order valence-electron chi connectivity index (χ1n) is 8.81. The minimum absolute atomic E-state index is 0.240. The zero-order chi connectivity index (χ0) is 20.2. The van der Waals surface area contributed by atoms with Gasteiger partial charge in [0.2, 0.25) is 0 Å². The third kappa shape index (κ3) is 4.14. The summed E-state index contributed by atoms with van der Waals surface area (Å²) in [5, 5.41) is 3.53. The highest BCUT2D eigenvalue weighted by Gasteiger charge is 2.17. The fraction of sp³-hybridized carbons (Fsp3) is 0.0952. The molecule has 0 saturated heterocycles. The summed E-state index contributed by atoms with van der Waals surface area (Å²) in [7, 11) is 1.63. The lowest BCUT2D eigenvalue weighted by molar-refractivity contribution is 0.203. The van der Waals surface area contributed by atoms with Crippen molar-refractivity contribution in [2.75, 3.05) is 12.4 Å². The lowest BCUT2D eigenvalue weighted by atomic mass is 10.2. The van der Waals surface area contributed by atoms with Crippen LogP contribution in [0.3, 0.4) is 0 Å². The first-order chi connectivity index (χ1) is 14.1. The second-order valence-corrected chi connectivity index (χ2v) is 6.55. The molecule has 0 aliphatic rings. The van der Waals surface area contributed by atoms with E-state index in [1.54, 1.807) is 37.4 Å². The van der Waals surface area contributed by atoms with Crippen molar-refractivity contribution in [1.29, 1.82) is 0 Å². The molecule has 0 saturated carbocycles. The third-order valence-corrected chi connectivity index (χ3v) is 4.45. The summed E-state index contributed by atoms with van der Waals surface area (Å²) in [6.45, 7) is 0.542. The SMILES string of the molecule is COc1ccc(CNc2cc(Cl)nc3c2ncn3C(=O)Oc2ccccc2)cc1. The van der Waals surface area contributed by atoms with Gasteiger partial charge in [0.15, 0.2) is 5.65 Å². The number of nitrogens with one attached hydrogen (secondary N) is 1. The van der Waals surface area contributed by atoms with Crippen LogP contribution in [0.1, 0.15) is 5.56 Å². The molecule has 0 aliphatic carbocycles. The average molecular weight is 409 g/mol. The van der Waals surface area contributed by atoms with Crippen molar-refractivity contribution in [2.45, 2.75) is 6.54 Å². The number of nitrogens with zero attached hydrogens (tertiary/aromatic N) is 3. The standard InChI is InChI=1S/C21H17ClN4O3/c1-28-15-9-7-14(8-10-15)12-23-17-11-18(22)25-20-19(17)24-13-26(20)21(27)29-16-5-3-2-4-6-16/h2-11,13H,12H2,1H3,(H,23,25). The van der Waals surface area contributed by atoms with Crippen molar-refractivity contribution in [1.82, 2.24) is 14.5 Å². The molecule has 2 heterocycles. The van der Waals surface area contributed by atoms with Crippen molar-refractivity contribution < 1.29 is 14.3 Å². The fourth-order valence-corrected chi connectivity index (χ4v) is 3.00. The van der Waals surface area contributed by atoms with Crippen LogP contribution in [0.15, 0.2) is 67.0 Å². The zero-order valence-electron chi connectivity index (χ0n) is 15.5. The average Bonchev–Trinajstić information content (AvgIpc) is 3.17.